The molecule has 2 aromatic heterocycles. The lowest BCUT2D eigenvalue weighted by Gasteiger charge is -2.19. The van der Waals surface area contributed by atoms with Crippen molar-refractivity contribution in [1.29, 1.82) is 0 Å². The molecule has 0 bridgehead atoms. The van der Waals surface area contributed by atoms with Gasteiger partial charge < -0.3 is 5.32 Å². The van der Waals surface area contributed by atoms with Crippen LogP contribution in [0.5, 0.6) is 0 Å². The lowest BCUT2D eigenvalue weighted by molar-refractivity contribution is 0.590. The fraction of sp³-hybridized carbons (Fsp3) is 0.429. The normalized spacial score (nSPS) is 14.9. The number of hydrogen-bond acceptors (Lipinski definition) is 4. The first-order valence-electron chi connectivity index (χ1n) is 9.27. The quantitative estimate of drug-likeness (QED) is 0.396. The van der Waals surface area contributed by atoms with Crippen molar-refractivity contribution >= 4 is 44.7 Å². The molecule has 0 atom stereocenters. The van der Waals surface area contributed by atoms with E-state index in [1.807, 2.05) is 0 Å². The molecule has 3 nitrogen and oxygen atoms in total. The van der Waals surface area contributed by atoms with Crippen molar-refractivity contribution in [2.45, 2.75) is 58.3 Å². The predicted molar refractivity (Wildman–Crippen MR) is 112 cm³/mol. The Morgan fingerprint density at radius 3 is 2.46 bits per heavy atom. The predicted octanol–water partition coefficient (Wildman–Crippen LogP) is 6.65. The number of fused-ring (bicyclic) bond motifs is 3. The summed E-state index contributed by atoms with van der Waals surface area (Å²) in [6.07, 6.45) is 6.05. The topological polar surface area (TPSA) is 37.8 Å². The molecule has 0 aliphatic heterocycles. The van der Waals surface area contributed by atoms with Gasteiger partial charge in [-0.3, -0.25) is 0 Å². The van der Waals surface area contributed by atoms with Crippen molar-refractivity contribution in [2.75, 3.05) is 5.32 Å². The number of rotatable bonds is 2. The van der Waals surface area contributed by atoms with Crippen LogP contribution in [0, 0.1) is 0 Å². The molecule has 26 heavy (non-hydrogen) atoms. The molecule has 0 fully saturated rings. The first-order valence-corrected chi connectivity index (χ1v) is 10.5. The van der Waals surface area contributed by atoms with E-state index in [2.05, 4.69) is 60.3 Å². The number of aryl methyl sites for hydroxylation is 2. The van der Waals surface area contributed by atoms with Crippen LogP contribution in [0.2, 0.25) is 5.28 Å². The minimum Gasteiger partial charge on any atom is -0.340 e. The maximum Gasteiger partial charge on any atom is 0.225 e. The molecular formula is C21H24ClN3S. The highest BCUT2D eigenvalue weighted by Crippen LogP contribution is 2.39. The summed E-state index contributed by atoms with van der Waals surface area (Å²) >= 11 is 8.00. The Morgan fingerprint density at radius 1 is 1.00 bits per heavy atom. The van der Waals surface area contributed by atoms with E-state index in [1.165, 1.54) is 35.3 Å². The smallest absolute Gasteiger partial charge is 0.225 e. The van der Waals surface area contributed by atoms with Gasteiger partial charge in [-0.2, -0.15) is 4.98 Å². The molecule has 0 radical (unpaired) electrons. The van der Waals surface area contributed by atoms with E-state index in [4.69, 9.17) is 11.6 Å². The van der Waals surface area contributed by atoms with E-state index in [0.717, 1.165) is 34.6 Å². The van der Waals surface area contributed by atoms with Crippen LogP contribution in [0.1, 0.15) is 56.0 Å². The number of hydrogen-bond donors (Lipinski definition) is 1. The molecule has 4 rings (SSSR count). The lowest BCUT2D eigenvalue weighted by Crippen LogP contribution is -2.10. The molecule has 1 aromatic carbocycles. The number of benzene rings is 1. The maximum absolute atomic E-state index is 6.22. The van der Waals surface area contributed by atoms with Crippen LogP contribution < -0.4 is 5.32 Å². The molecule has 0 saturated carbocycles. The zero-order valence-electron chi connectivity index (χ0n) is 15.5. The fourth-order valence-corrected chi connectivity index (χ4v) is 5.07. The largest absolute Gasteiger partial charge is 0.340 e. The Labute approximate surface area is 163 Å². The SMILES string of the molecule is CC(C)(C)c1ccc(Nc2nc(Cl)nc3sc4c(c23)CCCCC4)cc1. The molecule has 3 aromatic rings. The van der Waals surface area contributed by atoms with Gasteiger partial charge in [-0.25, -0.2) is 4.98 Å². The molecule has 136 valence electrons. The summed E-state index contributed by atoms with van der Waals surface area (Å²) in [5, 5.41) is 4.97. The second-order valence-electron chi connectivity index (χ2n) is 8.04. The van der Waals surface area contributed by atoms with E-state index in [9.17, 15) is 0 Å². The minimum atomic E-state index is 0.148. The van der Waals surface area contributed by atoms with E-state index < -0.39 is 0 Å². The number of halogens is 1. The third-order valence-electron chi connectivity index (χ3n) is 5.05. The van der Waals surface area contributed by atoms with Gasteiger partial charge in [0.1, 0.15) is 10.6 Å². The van der Waals surface area contributed by atoms with Crippen LogP contribution in [0.3, 0.4) is 0 Å². The van der Waals surface area contributed by atoms with Crippen molar-refractivity contribution in [3.63, 3.8) is 0 Å². The maximum atomic E-state index is 6.22. The van der Waals surface area contributed by atoms with Crippen molar-refractivity contribution in [3.05, 3.63) is 45.6 Å². The molecule has 1 N–H and O–H groups in total. The summed E-state index contributed by atoms with van der Waals surface area (Å²) in [7, 11) is 0. The minimum absolute atomic E-state index is 0.148. The Hall–Kier alpha value is -1.65. The van der Waals surface area contributed by atoms with Gasteiger partial charge >= 0.3 is 0 Å². The second kappa shape index (κ2) is 6.82. The van der Waals surface area contributed by atoms with Gasteiger partial charge in [0, 0.05) is 10.6 Å². The molecule has 0 unspecified atom stereocenters. The van der Waals surface area contributed by atoms with Crippen LogP contribution in [-0.2, 0) is 18.3 Å². The Kier molecular flexibility index (Phi) is 4.66. The van der Waals surface area contributed by atoms with E-state index in [1.54, 1.807) is 11.3 Å². The Bertz CT molecular complexity index is 939. The van der Waals surface area contributed by atoms with Gasteiger partial charge in [-0.05, 0) is 66.0 Å². The third-order valence-corrected chi connectivity index (χ3v) is 6.41. The van der Waals surface area contributed by atoms with Gasteiger partial charge in [0.15, 0.2) is 0 Å². The van der Waals surface area contributed by atoms with E-state index in [-0.39, 0.29) is 5.41 Å². The highest BCUT2D eigenvalue weighted by atomic mass is 35.5. The second-order valence-corrected chi connectivity index (χ2v) is 9.46. The van der Waals surface area contributed by atoms with Gasteiger partial charge in [-0.15, -0.1) is 11.3 Å². The fourth-order valence-electron chi connectivity index (χ4n) is 3.59. The average Bonchev–Trinajstić information content (AvgIpc) is 2.76. The summed E-state index contributed by atoms with van der Waals surface area (Å²) in [5.74, 6) is 0.836. The Balaban J connectivity index is 1.75. The third kappa shape index (κ3) is 3.45. The van der Waals surface area contributed by atoms with Crippen molar-refractivity contribution in [1.82, 2.24) is 9.97 Å². The molecular weight excluding hydrogens is 362 g/mol. The summed E-state index contributed by atoms with van der Waals surface area (Å²) in [6, 6.07) is 8.59. The van der Waals surface area contributed by atoms with Crippen molar-refractivity contribution in [3.8, 4) is 0 Å². The van der Waals surface area contributed by atoms with Crippen molar-refractivity contribution < 1.29 is 0 Å². The van der Waals surface area contributed by atoms with Crippen LogP contribution in [-0.4, -0.2) is 9.97 Å². The van der Waals surface area contributed by atoms with Crippen LogP contribution in [0.4, 0.5) is 11.5 Å². The van der Waals surface area contributed by atoms with Gasteiger partial charge in [-0.1, -0.05) is 39.3 Å². The number of anilines is 2. The monoisotopic (exact) mass is 385 g/mol. The van der Waals surface area contributed by atoms with Gasteiger partial charge in [0.2, 0.25) is 5.28 Å². The van der Waals surface area contributed by atoms with Crippen LogP contribution in [0.15, 0.2) is 24.3 Å². The number of thiophene rings is 1. The number of nitrogens with one attached hydrogen (secondary N) is 1. The molecule has 0 spiro atoms. The molecule has 2 heterocycles. The highest BCUT2D eigenvalue weighted by molar-refractivity contribution is 7.19. The number of aromatic nitrogens is 2. The zero-order valence-corrected chi connectivity index (χ0v) is 17.1. The molecule has 5 heteroatoms. The van der Waals surface area contributed by atoms with Gasteiger partial charge in [0.25, 0.3) is 0 Å². The summed E-state index contributed by atoms with van der Waals surface area (Å²) in [6.45, 7) is 6.68. The van der Waals surface area contributed by atoms with E-state index in [0.29, 0.717) is 5.28 Å². The lowest BCUT2D eigenvalue weighted by atomic mass is 9.87. The van der Waals surface area contributed by atoms with Crippen LogP contribution in [0.25, 0.3) is 10.2 Å². The standard InChI is InChI=1S/C21H24ClN3S/c1-21(2,3)13-9-11-14(12-10-13)23-18-17-15-7-5-4-6-8-16(15)26-19(17)25-20(22)24-18/h9-12H,4-8H2,1-3H3,(H,23,24,25). The van der Waals surface area contributed by atoms with E-state index >= 15 is 0 Å². The molecule has 1 aliphatic carbocycles. The first kappa shape index (κ1) is 17.7. The summed E-state index contributed by atoms with van der Waals surface area (Å²) in [5.41, 5.74) is 3.92. The van der Waals surface area contributed by atoms with Crippen molar-refractivity contribution in [2.24, 2.45) is 0 Å². The van der Waals surface area contributed by atoms with Crippen LogP contribution >= 0.6 is 22.9 Å². The average molecular weight is 386 g/mol. The summed E-state index contributed by atoms with van der Waals surface area (Å²) < 4.78 is 0. The summed E-state index contributed by atoms with van der Waals surface area (Å²) in [4.78, 5) is 11.5. The highest BCUT2D eigenvalue weighted by Gasteiger charge is 2.20. The first-order chi connectivity index (χ1) is 12.4. The zero-order chi connectivity index (χ0) is 18.3. The number of nitrogens with zero attached hydrogens (tertiary/aromatic N) is 2. The van der Waals surface area contributed by atoms with Gasteiger partial charge in [0.05, 0.1) is 5.39 Å². The Morgan fingerprint density at radius 2 is 1.73 bits per heavy atom. The molecule has 1 aliphatic rings. The molecule has 0 amide bonds. The molecule has 0 saturated heterocycles.